The maximum absolute atomic E-state index is 10.6. The van der Waals surface area contributed by atoms with Crippen molar-refractivity contribution in [1.82, 2.24) is 9.78 Å². The number of methoxy groups -OCH3 is 1. The van der Waals surface area contributed by atoms with E-state index in [1.54, 1.807) is 7.11 Å². The third-order valence-electron chi connectivity index (χ3n) is 2.15. The Morgan fingerprint density at radius 3 is 2.56 bits per heavy atom. The molecule has 1 aromatic rings. The van der Waals surface area contributed by atoms with Crippen LogP contribution < -0.4 is 0 Å². The number of aromatic carboxylic acids is 1. The van der Waals surface area contributed by atoms with E-state index in [1.165, 1.54) is 17.1 Å². The van der Waals surface area contributed by atoms with Gasteiger partial charge in [0.25, 0.3) is 0 Å². The maximum atomic E-state index is 10.6. The Labute approximate surface area is 105 Å². The predicted octanol–water partition coefficient (Wildman–Crippen LogP) is 0.261. The van der Waals surface area contributed by atoms with Crippen LogP contribution >= 0.6 is 0 Å². The summed E-state index contributed by atoms with van der Waals surface area (Å²) in [4.78, 5) is 10.6. The van der Waals surface area contributed by atoms with Crippen LogP contribution in [-0.2, 0) is 20.8 Å². The molecule has 18 heavy (non-hydrogen) atoms. The summed E-state index contributed by atoms with van der Waals surface area (Å²) in [7, 11) is 1.62. The summed E-state index contributed by atoms with van der Waals surface area (Å²) in [6, 6.07) is 0. The summed E-state index contributed by atoms with van der Waals surface area (Å²) in [6.07, 6.45) is 2.79. The molecule has 0 fully saturated rings. The first-order valence-electron chi connectivity index (χ1n) is 5.64. The maximum Gasteiger partial charge on any atom is 0.338 e. The Hall–Kier alpha value is -1.44. The number of ether oxygens (including phenoxy) is 3. The van der Waals surface area contributed by atoms with Gasteiger partial charge in [-0.3, -0.25) is 4.68 Å². The van der Waals surface area contributed by atoms with Gasteiger partial charge in [0.05, 0.1) is 51.3 Å². The van der Waals surface area contributed by atoms with Gasteiger partial charge in [-0.25, -0.2) is 4.79 Å². The molecule has 1 rings (SSSR count). The molecule has 1 N–H and O–H groups in total. The number of rotatable bonds is 10. The second kappa shape index (κ2) is 8.62. The fourth-order valence-electron chi connectivity index (χ4n) is 1.22. The lowest BCUT2D eigenvalue weighted by atomic mass is 10.4. The fourth-order valence-corrected chi connectivity index (χ4v) is 1.22. The van der Waals surface area contributed by atoms with E-state index in [9.17, 15) is 4.79 Å². The van der Waals surface area contributed by atoms with E-state index in [-0.39, 0.29) is 5.56 Å². The van der Waals surface area contributed by atoms with E-state index in [4.69, 9.17) is 19.3 Å². The van der Waals surface area contributed by atoms with Crippen LogP contribution in [0.15, 0.2) is 12.4 Å². The van der Waals surface area contributed by atoms with Crippen LogP contribution in [0.25, 0.3) is 0 Å². The molecule has 0 aromatic carbocycles. The number of carboxylic acid groups (broad SMARTS) is 1. The molecule has 0 spiro atoms. The monoisotopic (exact) mass is 258 g/mol. The van der Waals surface area contributed by atoms with Gasteiger partial charge in [0, 0.05) is 13.3 Å². The van der Waals surface area contributed by atoms with Crippen LogP contribution in [0.1, 0.15) is 10.4 Å². The molecule has 0 amide bonds. The van der Waals surface area contributed by atoms with Crippen LogP contribution in [0, 0.1) is 0 Å². The van der Waals surface area contributed by atoms with Gasteiger partial charge < -0.3 is 19.3 Å². The molecular weight excluding hydrogens is 240 g/mol. The van der Waals surface area contributed by atoms with Crippen LogP contribution in [0.3, 0.4) is 0 Å². The van der Waals surface area contributed by atoms with Gasteiger partial charge >= 0.3 is 5.97 Å². The second-order valence-electron chi connectivity index (χ2n) is 3.51. The van der Waals surface area contributed by atoms with Crippen LogP contribution in [0.2, 0.25) is 0 Å². The number of hydrogen-bond donors (Lipinski definition) is 1. The normalized spacial score (nSPS) is 10.7. The number of carbonyl (C=O) groups is 1. The molecule has 0 atom stereocenters. The minimum absolute atomic E-state index is 0.179. The SMILES string of the molecule is COCCOCCOCCn1cc(C(=O)O)cn1. The summed E-state index contributed by atoms with van der Waals surface area (Å²) in [5.74, 6) is -0.978. The molecule has 1 aromatic heterocycles. The van der Waals surface area contributed by atoms with Gasteiger partial charge in [0.15, 0.2) is 0 Å². The zero-order chi connectivity index (χ0) is 13.2. The first-order valence-corrected chi connectivity index (χ1v) is 5.64. The van der Waals surface area contributed by atoms with E-state index < -0.39 is 5.97 Å². The lowest BCUT2D eigenvalue weighted by Crippen LogP contribution is -2.12. The molecule has 0 aliphatic heterocycles. The minimum atomic E-state index is -0.978. The van der Waals surface area contributed by atoms with Crippen LogP contribution in [0.5, 0.6) is 0 Å². The molecule has 1 heterocycles. The quantitative estimate of drug-likeness (QED) is 0.606. The third-order valence-corrected chi connectivity index (χ3v) is 2.15. The van der Waals surface area contributed by atoms with E-state index >= 15 is 0 Å². The molecular formula is C11H18N2O5. The summed E-state index contributed by atoms with van der Waals surface area (Å²) in [6.45, 7) is 3.13. The highest BCUT2D eigenvalue weighted by atomic mass is 16.5. The molecule has 0 radical (unpaired) electrons. The van der Waals surface area contributed by atoms with Crippen molar-refractivity contribution < 1.29 is 24.1 Å². The van der Waals surface area contributed by atoms with Crippen molar-refractivity contribution in [2.24, 2.45) is 0 Å². The van der Waals surface area contributed by atoms with E-state index in [2.05, 4.69) is 5.10 Å². The highest BCUT2D eigenvalue weighted by Crippen LogP contribution is 1.97. The highest BCUT2D eigenvalue weighted by Gasteiger charge is 2.05. The highest BCUT2D eigenvalue weighted by molar-refractivity contribution is 5.86. The van der Waals surface area contributed by atoms with Crippen LogP contribution in [-0.4, -0.2) is 61.0 Å². The van der Waals surface area contributed by atoms with Crippen molar-refractivity contribution in [3.63, 3.8) is 0 Å². The topological polar surface area (TPSA) is 82.8 Å². The first-order chi connectivity index (χ1) is 8.74. The zero-order valence-corrected chi connectivity index (χ0v) is 10.4. The average Bonchev–Trinajstić information content (AvgIpc) is 2.81. The van der Waals surface area contributed by atoms with Gasteiger partial charge in [-0.15, -0.1) is 0 Å². The smallest absolute Gasteiger partial charge is 0.338 e. The lowest BCUT2D eigenvalue weighted by molar-refractivity contribution is 0.0225. The van der Waals surface area contributed by atoms with Crippen molar-refractivity contribution in [2.45, 2.75) is 6.54 Å². The van der Waals surface area contributed by atoms with Gasteiger partial charge in [-0.1, -0.05) is 0 Å². The minimum Gasteiger partial charge on any atom is -0.478 e. The van der Waals surface area contributed by atoms with Gasteiger partial charge in [0.1, 0.15) is 0 Å². The summed E-state index contributed by atoms with van der Waals surface area (Å²) in [5.41, 5.74) is 0.179. The first kappa shape index (κ1) is 14.6. The summed E-state index contributed by atoms with van der Waals surface area (Å²) < 4.78 is 16.9. The molecule has 0 bridgehead atoms. The van der Waals surface area contributed by atoms with E-state index in [0.29, 0.717) is 39.6 Å². The standard InChI is InChI=1S/C11H18N2O5/c1-16-4-5-18-7-6-17-3-2-13-9-10(8-12-13)11(14)15/h8-9H,2-7H2,1H3,(H,14,15). The number of carboxylic acids is 1. The Balaban J connectivity index is 2.02. The summed E-state index contributed by atoms with van der Waals surface area (Å²) >= 11 is 0. The molecule has 0 saturated carbocycles. The van der Waals surface area contributed by atoms with Crippen molar-refractivity contribution in [3.05, 3.63) is 18.0 Å². The van der Waals surface area contributed by atoms with Crippen molar-refractivity contribution >= 4 is 5.97 Å². The molecule has 7 heteroatoms. The third kappa shape index (κ3) is 5.76. The molecule has 0 unspecified atom stereocenters. The number of hydrogen-bond acceptors (Lipinski definition) is 5. The number of aromatic nitrogens is 2. The van der Waals surface area contributed by atoms with E-state index in [1.807, 2.05) is 0 Å². The molecule has 0 aliphatic rings. The van der Waals surface area contributed by atoms with Gasteiger partial charge in [0.2, 0.25) is 0 Å². The van der Waals surface area contributed by atoms with Crippen molar-refractivity contribution in [1.29, 1.82) is 0 Å². The van der Waals surface area contributed by atoms with E-state index in [0.717, 1.165) is 0 Å². The molecule has 7 nitrogen and oxygen atoms in total. The molecule has 0 aliphatic carbocycles. The molecule has 0 saturated heterocycles. The number of nitrogens with zero attached hydrogens (tertiary/aromatic N) is 2. The summed E-state index contributed by atoms with van der Waals surface area (Å²) in [5, 5.41) is 12.6. The Kier molecular flexibility index (Phi) is 7.00. The molecule has 102 valence electrons. The Morgan fingerprint density at radius 2 is 1.94 bits per heavy atom. The van der Waals surface area contributed by atoms with Crippen molar-refractivity contribution in [3.8, 4) is 0 Å². The fraction of sp³-hybridized carbons (Fsp3) is 0.636. The van der Waals surface area contributed by atoms with Gasteiger partial charge in [-0.05, 0) is 0 Å². The van der Waals surface area contributed by atoms with Crippen LogP contribution in [0.4, 0.5) is 0 Å². The van der Waals surface area contributed by atoms with Crippen molar-refractivity contribution in [2.75, 3.05) is 40.1 Å². The average molecular weight is 258 g/mol. The predicted molar refractivity (Wildman–Crippen MR) is 62.7 cm³/mol. The lowest BCUT2D eigenvalue weighted by Gasteiger charge is -2.05. The van der Waals surface area contributed by atoms with Gasteiger partial charge in [-0.2, -0.15) is 5.10 Å². The Morgan fingerprint density at radius 1 is 1.28 bits per heavy atom. The Bertz CT molecular complexity index is 353. The second-order valence-corrected chi connectivity index (χ2v) is 3.51. The largest absolute Gasteiger partial charge is 0.478 e. The zero-order valence-electron chi connectivity index (χ0n) is 10.4.